The van der Waals surface area contributed by atoms with Crippen molar-refractivity contribution in [2.45, 2.75) is 330 Å². The summed E-state index contributed by atoms with van der Waals surface area (Å²) in [7, 11) is 0. The zero-order valence-electron chi connectivity index (χ0n) is 62.9. The Morgan fingerprint density at radius 2 is 0.673 bits per heavy atom. The third-order valence-corrected chi connectivity index (χ3v) is 18.2. The maximum absolute atomic E-state index is 13.4. The number of carbonyl (C=O) groups excluding carboxylic acids is 1. The van der Waals surface area contributed by atoms with Gasteiger partial charge in [-0.3, -0.25) is 4.79 Å². The van der Waals surface area contributed by atoms with Gasteiger partial charge < -0.3 is 89.9 Å². The Kier molecular flexibility index (Phi) is 56.7. The molecule has 0 spiro atoms. The van der Waals surface area contributed by atoms with Crippen molar-refractivity contribution in [3.05, 3.63) is 170 Å². The summed E-state index contributed by atoms with van der Waals surface area (Å²) in [5.74, 6) is -0.334. The third-order valence-electron chi connectivity index (χ3n) is 18.2. The fourth-order valence-corrected chi connectivity index (χ4v) is 12.0. The van der Waals surface area contributed by atoms with Gasteiger partial charge in [0.1, 0.15) is 73.2 Å². The molecular weight excluding hydrogens is 1320 g/mol. The molecule has 0 aromatic heterocycles. The first-order valence-electron chi connectivity index (χ1n) is 39.4. The van der Waals surface area contributed by atoms with E-state index in [4.69, 9.17) is 28.4 Å². The maximum atomic E-state index is 13.4. The van der Waals surface area contributed by atoms with E-state index in [2.05, 4.69) is 177 Å². The van der Waals surface area contributed by atoms with Crippen LogP contribution in [0.4, 0.5) is 0 Å². The van der Waals surface area contributed by atoms with Gasteiger partial charge in [0.25, 0.3) is 0 Å². The van der Waals surface area contributed by atoms with Gasteiger partial charge in [0.15, 0.2) is 18.9 Å². The Morgan fingerprint density at radius 1 is 0.356 bits per heavy atom. The average Bonchev–Trinajstić information content (AvgIpc) is 0.783. The summed E-state index contributed by atoms with van der Waals surface area (Å²) in [6.45, 7) is 1.56. The number of aliphatic hydroxyl groups excluding tert-OH is 11. The molecule has 104 heavy (non-hydrogen) atoms. The summed E-state index contributed by atoms with van der Waals surface area (Å²) < 4.78 is 34.4. The number of allylic oxidation sites excluding steroid dienone is 27. The lowest BCUT2D eigenvalue weighted by atomic mass is 9.96. The molecule has 12 N–H and O–H groups in total. The van der Waals surface area contributed by atoms with E-state index in [1.807, 2.05) is 6.08 Å². The van der Waals surface area contributed by atoms with E-state index in [1.54, 1.807) is 6.08 Å². The highest BCUT2D eigenvalue weighted by atomic mass is 16.8. The fraction of sp³-hybridized carbons (Fsp3) is 0.659. The van der Waals surface area contributed by atoms with E-state index in [0.29, 0.717) is 12.8 Å². The van der Waals surface area contributed by atoms with Crippen LogP contribution in [0.25, 0.3) is 0 Å². The number of nitrogens with one attached hydrogen (secondary N) is 1. The minimum Gasteiger partial charge on any atom is -0.394 e. The van der Waals surface area contributed by atoms with Gasteiger partial charge in [0.05, 0.1) is 38.6 Å². The number of ether oxygens (including phenoxy) is 6. The first-order valence-corrected chi connectivity index (χ1v) is 39.4. The highest BCUT2D eigenvalue weighted by Gasteiger charge is 2.53. The molecule has 0 aromatic carbocycles. The molecule has 3 aliphatic heterocycles. The van der Waals surface area contributed by atoms with Gasteiger partial charge >= 0.3 is 0 Å². The van der Waals surface area contributed by atoms with Gasteiger partial charge in [-0.2, -0.15) is 0 Å². The number of aliphatic hydroxyl groups is 11. The van der Waals surface area contributed by atoms with E-state index in [9.17, 15) is 61.0 Å². The summed E-state index contributed by atoms with van der Waals surface area (Å²) in [6, 6.07) is -1.03. The molecule has 0 bridgehead atoms. The molecule has 3 saturated heterocycles. The van der Waals surface area contributed by atoms with E-state index >= 15 is 0 Å². The maximum Gasteiger partial charge on any atom is 0.220 e. The lowest BCUT2D eigenvalue weighted by Gasteiger charge is -2.48. The second kappa shape index (κ2) is 63.1. The summed E-state index contributed by atoms with van der Waals surface area (Å²) in [5.41, 5.74) is 0. The van der Waals surface area contributed by atoms with Crippen LogP contribution in [0.3, 0.4) is 0 Å². The van der Waals surface area contributed by atoms with Crippen LogP contribution >= 0.6 is 0 Å². The number of carbonyl (C=O) groups is 1. The van der Waals surface area contributed by atoms with Crippen LogP contribution < -0.4 is 5.32 Å². The third kappa shape index (κ3) is 42.6. The SMILES string of the molecule is CC/C=C\C/C=C\C/C=C\C/C=C\C/C=C\C/C=C\C/C=C\C/C=C\C/C=C\C/C=C\C/C=C\C/C=C\CCCCC(=O)NC(COC1OC(CO)C(OC2OC(CO)C(OC3OC(CO)C(O)C(O)C3O)C(O)C2O)C(O)C1O)C(O)/C=C/CC/C=C/CCCCCCCCCCCCCCCC. The molecule has 3 fully saturated rings. The zero-order valence-corrected chi connectivity index (χ0v) is 62.9. The van der Waals surface area contributed by atoms with Gasteiger partial charge in [0.2, 0.25) is 5.91 Å². The summed E-state index contributed by atoms with van der Waals surface area (Å²) in [4.78, 5) is 13.4. The molecule has 3 aliphatic rings. The first-order chi connectivity index (χ1) is 50.8. The Hall–Kier alpha value is -4.85. The predicted octanol–water partition coefficient (Wildman–Crippen LogP) is 13.0. The van der Waals surface area contributed by atoms with Gasteiger partial charge in [-0.05, 0) is 122 Å². The van der Waals surface area contributed by atoms with Crippen LogP contribution in [0, 0.1) is 0 Å². The van der Waals surface area contributed by atoms with E-state index in [0.717, 1.165) is 109 Å². The largest absolute Gasteiger partial charge is 0.394 e. The Bertz CT molecular complexity index is 2550. The van der Waals surface area contributed by atoms with Crippen LogP contribution in [0.15, 0.2) is 170 Å². The summed E-state index contributed by atoms with van der Waals surface area (Å²) in [5, 5.41) is 121. The van der Waals surface area contributed by atoms with Crippen molar-refractivity contribution in [3.8, 4) is 0 Å². The van der Waals surface area contributed by atoms with Crippen LogP contribution in [-0.4, -0.2) is 193 Å². The smallest absolute Gasteiger partial charge is 0.220 e. The summed E-state index contributed by atoms with van der Waals surface area (Å²) >= 11 is 0. The van der Waals surface area contributed by atoms with Gasteiger partial charge in [-0.15, -0.1) is 0 Å². The standard InChI is InChI=1S/C85H137NO18/c1-3-5-7-9-11-13-15-17-19-21-23-25-26-27-28-29-30-31-32-33-34-35-36-37-38-39-40-41-42-43-45-47-49-51-53-55-57-59-61-63-73(91)86-68(69(90)62-60-58-56-54-52-50-48-46-44-24-22-20-18-16-14-12-10-8-6-4-2)67-99-83-79(97)76(94)81(71(65-88)101-83)104-85-80(98)77(95)82(72(66-89)102-85)103-84-78(96)75(93)74(92)70(64-87)100-84/h5,7,11,13,17,19,23,25,27-28,30-31,33-34,36-37,39-40,42-43,47,49,52-55,60,62,68-72,74-85,87-90,92-98H,3-4,6,8-10,12,14-16,18,20-22,24,26,29,32,35,38,41,44-46,48,50-51,56-59,61,63-67H2,1-2H3,(H,86,91)/b7-5-,13-11-,19-17-,25-23-,28-27-,31-30-,34-33-,37-36-,40-39-,43-42-,49-47-,54-52+,55-53-,62-60+. The molecule has 0 aliphatic carbocycles. The molecular formula is C85H137NO18. The van der Waals surface area contributed by atoms with Crippen molar-refractivity contribution in [3.63, 3.8) is 0 Å². The molecule has 19 nitrogen and oxygen atoms in total. The molecule has 1 amide bonds. The monoisotopic (exact) mass is 1460 g/mol. The number of amides is 1. The van der Waals surface area contributed by atoms with E-state index in [1.165, 1.54) is 83.5 Å². The topological polar surface area (TPSA) is 307 Å². The Labute approximate surface area is 624 Å². The van der Waals surface area contributed by atoms with Crippen LogP contribution in [0.2, 0.25) is 0 Å². The normalized spacial score (nSPS) is 26.9. The van der Waals surface area contributed by atoms with Crippen LogP contribution in [0.5, 0.6) is 0 Å². The second-order valence-electron chi connectivity index (χ2n) is 27.1. The van der Waals surface area contributed by atoms with Gasteiger partial charge in [0, 0.05) is 6.42 Å². The molecule has 0 saturated carbocycles. The number of hydrogen-bond donors (Lipinski definition) is 12. The molecule has 17 unspecified atom stereocenters. The molecule has 590 valence electrons. The molecule has 3 heterocycles. The lowest BCUT2D eigenvalue weighted by molar-refractivity contribution is -0.379. The highest BCUT2D eigenvalue weighted by molar-refractivity contribution is 5.76. The Morgan fingerprint density at radius 3 is 1.08 bits per heavy atom. The van der Waals surface area contributed by atoms with Gasteiger partial charge in [-0.25, -0.2) is 0 Å². The highest BCUT2D eigenvalue weighted by Crippen LogP contribution is 2.33. The second-order valence-corrected chi connectivity index (χ2v) is 27.1. The Balaban J connectivity index is 1.40. The van der Waals surface area contributed by atoms with Crippen molar-refractivity contribution in [1.82, 2.24) is 5.32 Å². The summed E-state index contributed by atoms with van der Waals surface area (Å²) in [6.07, 6.45) is 67.6. The minimum atomic E-state index is -1.99. The van der Waals surface area contributed by atoms with E-state index in [-0.39, 0.29) is 12.3 Å². The average molecular weight is 1460 g/mol. The van der Waals surface area contributed by atoms with Crippen molar-refractivity contribution < 1.29 is 89.4 Å². The van der Waals surface area contributed by atoms with Crippen molar-refractivity contribution in [2.24, 2.45) is 0 Å². The minimum absolute atomic E-state index is 0.169. The van der Waals surface area contributed by atoms with Gasteiger partial charge in [-0.1, -0.05) is 267 Å². The fourth-order valence-electron chi connectivity index (χ4n) is 12.0. The number of hydrogen-bond acceptors (Lipinski definition) is 18. The predicted molar refractivity (Wildman–Crippen MR) is 415 cm³/mol. The van der Waals surface area contributed by atoms with Crippen molar-refractivity contribution in [2.75, 3.05) is 26.4 Å². The van der Waals surface area contributed by atoms with Crippen LogP contribution in [-0.2, 0) is 33.2 Å². The van der Waals surface area contributed by atoms with Crippen molar-refractivity contribution in [1.29, 1.82) is 0 Å². The zero-order chi connectivity index (χ0) is 75.3. The van der Waals surface area contributed by atoms with Crippen LogP contribution in [0.1, 0.15) is 226 Å². The first kappa shape index (κ1) is 93.4. The molecule has 17 atom stereocenters. The van der Waals surface area contributed by atoms with E-state index < -0.39 is 131 Å². The lowest BCUT2D eigenvalue weighted by Crippen LogP contribution is -2.66. The quantitative estimate of drug-likeness (QED) is 0.0199. The van der Waals surface area contributed by atoms with Crippen molar-refractivity contribution >= 4 is 5.91 Å². The molecule has 0 aromatic rings. The number of unbranched alkanes of at least 4 members (excludes halogenated alkanes) is 17. The molecule has 0 radical (unpaired) electrons. The molecule has 3 rings (SSSR count). The molecule has 19 heteroatoms. The number of rotatable bonds is 59.